The standard InChI is InChI=1S/C16H20N2O2S.ClH/c1-12(17-2)10-18-16(19)15-13(8-9-20-15)11-21-14-6-4-3-5-7-14;/h3-9,12,17H,10-11H2,1-2H3,(H,18,19);1H. The number of rotatable bonds is 7. The lowest BCUT2D eigenvalue weighted by Gasteiger charge is -2.11. The average molecular weight is 341 g/mol. The van der Waals surface area contributed by atoms with Crippen LogP contribution in [-0.4, -0.2) is 25.5 Å². The number of benzene rings is 1. The van der Waals surface area contributed by atoms with Crippen LogP contribution in [-0.2, 0) is 5.75 Å². The first-order chi connectivity index (χ1) is 10.2. The maximum absolute atomic E-state index is 12.1. The summed E-state index contributed by atoms with van der Waals surface area (Å²) in [6, 6.07) is 12.2. The maximum atomic E-state index is 12.1. The largest absolute Gasteiger partial charge is 0.459 e. The highest BCUT2D eigenvalue weighted by Crippen LogP contribution is 2.24. The second kappa shape index (κ2) is 9.56. The van der Waals surface area contributed by atoms with Crippen molar-refractivity contribution in [2.45, 2.75) is 23.6 Å². The number of thioether (sulfide) groups is 1. The van der Waals surface area contributed by atoms with Gasteiger partial charge in [0.1, 0.15) is 0 Å². The third kappa shape index (κ3) is 5.40. The number of nitrogens with one attached hydrogen (secondary N) is 2. The van der Waals surface area contributed by atoms with Gasteiger partial charge < -0.3 is 15.1 Å². The monoisotopic (exact) mass is 340 g/mol. The van der Waals surface area contributed by atoms with Crippen molar-refractivity contribution in [3.63, 3.8) is 0 Å². The molecule has 120 valence electrons. The molecule has 2 N–H and O–H groups in total. The van der Waals surface area contributed by atoms with Gasteiger partial charge in [0, 0.05) is 28.8 Å². The van der Waals surface area contributed by atoms with E-state index >= 15 is 0 Å². The van der Waals surface area contributed by atoms with E-state index < -0.39 is 0 Å². The van der Waals surface area contributed by atoms with Crippen LogP contribution in [0.1, 0.15) is 23.0 Å². The molecule has 2 rings (SSSR count). The highest BCUT2D eigenvalue weighted by Gasteiger charge is 2.15. The van der Waals surface area contributed by atoms with E-state index in [0.717, 1.165) is 5.56 Å². The average Bonchev–Trinajstić information content (AvgIpc) is 2.99. The van der Waals surface area contributed by atoms with E-state index in [1.165, 1.54) is 4.90 Å². The van der Waals surface area contributed by atoms with Crippen molar-refractivity contribution in [3.05, 3.63) is 54.0 Å². The molecule has 0 aliphatic heterocycles. The number of hydrogen-bond donors (Lipinski definition) is 2. The molecule has 1 aromatic carbocycles. The zero-order valence-electron chi connectivity index (χ0n) is 12.7. The number of carbonyl (C=O) groups is 1. The zero-order chi connectivity index (χ0) is 15.1. The lowest BCUT2D eigenvalue weighted by Crippen LogP contribution is -2.37. The van der Waals surface area contributed by atoms with E-state index in [4.69, 9.17) is 4.42 Å². The third-order valence-electron chi connectivity index (χ3n) is 3.15. The number of carbonyl (C=O) groups excluding carboxylic acids is 1. The van der Waals surface area contributed by atoms with Crippen LogP contribution < -0.4 is 10.6 Å². The summed E-state index contributed by atoms with van der Waals surface area (Å²) in [6.45, 7) is 2.58. The highest BCUT2D eigenvalue weighted by molar-refractivity contribution is 7.98. The Bertz CT molecular complexity index is 575. The van der Waals surface area contributed by atoms with Crippen molar-refractivity contribution < 1.29 is 9.21 Å². The van der Waals surface area contributed by atoms with E-state index in [1.807, 2.05) is 38.2 Å². The van der Waals surface area contributed by atoms with Gasteiger partial charge in [-0.1, -0.05) is 18.2 Å². The van der Waals surface area contributed by atoms with Crippen molar-refractivity contribution in [2.24, 2.45) is 0 Å². The number of likely N-dealkylation sites (N-methyl/N-ethyl adjacent to an activating group) is 1. The molecule has 2 aromatic rings. The SMILES string of the molecule is CNC(C)CNC(=O)c1occc1CSc1ccccc1.Cl. The Kier molecular flexibility index (Phi) is 8.09. The van der Waals surface area contributed by atoms with Gasteiger partial charge in [-0.05, 0) is 32.2 Å². The summed E-state index contributed by atoms with van der Waals surface area (Å²) in [7, 11) is 1.87. The fourth-order valence-electron chi connectivity index (χ4n) is 1.75. The summed E-state index contributed by atoms with van der Waals surface area (Å²) in [6.07, 6.45) is 1.57. The van der Waals surface area contributed by atoms with Crippen LogP contribution in [0.4, 0.5) is 0 Å². The highest BCUT2D eigenvalue weighted by atomic mass is 35.5. The molecule has 0 saturated carbocycles. The van der Waals surface area contributed by atoms with E-state index in [0.29, 0.717) is 18.1 Å². The first-order valence-corrected chi connectivity index (χ1v) is 7.89. The van der Waals surface area contributed by atoms with Gasteiger partial charge in [-0.15, -0.1) is 24.2 Å². The molecular formula is C16H21ClN2O2S. The van der Waals surface area contributed by atoms with E-state index in [1.54, 1.807) is 18.0 Å². The van der Waals surface area contributed by atoms with Gasteiger partial charge in [0.15, 0.2) is 5.76 Å². The Morgan fingerprint density at radius 2 is 2.00 bits per heavy atom. The minimum atomic E-state index is -0.161. The number of amides is 1. The van der Waals surface area contributed by atoms with Gasteiger partial charge >= 0.3 is 0 Å². The first-order valence-electron chi connectivity index (χ1n) is 6.90. The van der Waals surface area contributed by atoms with Gasteiger partial charge in [0.25, 0.3) is 5.91 Å². The van der Waals surface area contributed by atoms with E-state index in [2.05, 4.69) is 22.8 Å². The van der Waals surface area contributed by atoms with Crippen LogP contribution in [0.3, 0.4) is 0 Å². The van der Waals surface area contributed by atoms with Gasteiger partial charge in [0.2, 0.25) is 0 Å². The van der Waals surface area contributed by atoms with Crippen molar-refractivity contribution in [2.75, 3.05) is 13.6 Å². The predicted molar refractivity (Wildman–Crippen MR) is 92.8 cm³/mol. The molecule has 0 spiro atoms. The first kappa shape index (κ1) is 18.6. The van der Waals surface area contributed by atoms with Crippen LogP contribution in [0.15, 0.2) is 52.0 Å². The Balaban J connectivity index is 0.00000242. The molecule has 0 bridgehead atoms. The molecule has 6 heteroatoms. The van der Waals surface area contributed by atoms with Gasteiger partial charge in [-0.25, -0.2) is 0 Å². The fourth-order valence-corrected chi connectivity index (χ4v) is 2.65. The van der Waals surface area contributed by atoms with Crippen LogP contribution in [0, 0.1) is 0 Å². The summed E-state index contributed by atoms with van der Waals surface area (Å²) in [5, 5.41) is 5.95. The molecule has 0 saturated heterocycles. The minimum absolute atomic E-state index is 0. The number of halogens is 1. The number of hydrogen-bond acceptors (Lipinski definition) is 4. The number of furan rings is 1. The molecule has 1 aromatic heterocycles. The molecule has 22 heavy (non-hydrogen) atoms. The summed E-state index contributed by atoms with van der Waals surface area (Å²) in [4.78, 5) is 13.3. The summed E-state index contributed by atoms with van der Waals surface area (Å²) < 4.78 is 5.34. The molecule has 1 heterocycles. The molecule has 0 aliphatic rings. The van der Waals surface area contributed by atoms with Crippen LogP contribution >= 0.6 is 24.2 Å². The van der Waals surface area contributed by atoms with Gasteiger partial charge in [0.05, 0.1) is 6.26 Å². The van der Waals surface area contributed by atoms with E-state index in [9.17, 15) is 4.79 Å². The smallest absolute Gasteiger partial charge is 0.287 e. The van der Waals surface area contributed by atoms with E-state index in [-0.39, 0.29) is 24.4 Å². The Labute approximate surface area is 141 Å². The molecule has 4 nitrogen and oxygen atoms in total. The Hall–Kier alpha value is -1.43. The third-order valence-corrected chi connectivity index (χ3v) is 4.21. The normalized spacial score (nSPS) is 11.5. The lowest BCUT2D eigenvalue weighted by atomic mass is 10.2. The maximum Gasteiger partial charge on any atom is 0.287 e. The Morgan fingerprint density at radius 1 is 1.27 bits per heavy atom. The quantitative estimate of drug-likeness (QED) is 0.759. The van der Waals surface area contributed by atoms with Crippen molar-refractivity contribution >= 4 is 30.1 Å². The second-order valence-electron chi connectivity index (χ2n) is 4.78. The molecule has 0 aliphatic carbocycles. The van der Waals surface area contributed by atoms with Gasteiger partial charge in [-0.2, -0.15) is 0 Å². The van der Waals surface area contributed by atoms with Crippen LogP contribution in [0.25, 0.3) is 0 Å². The summed E-state index contributed by atoms with van der Waals surface area (Å²) in [5.41, 5.74) is 0.915. The van der Waals surface area contributed by atoms with Crippen LogP contribution in [0.5, 0.6) is 0 Å². The predicted octanol–water partition coefficient (Wildman–Crippen LogP) is 3.33. The zero-order valence-corrected chi connectivity index (χ0v) is 14.3. The summed E-state index contributed by atoms with van der Waals surface area (Å²) >= 11 is 1.69. The molecule has 1 atom stereocenters. The van der Waals surface area contributed by atoms with Crippen molar-refractivity contribution in [3.8, 4) is 0 Å². The lowest BCUT2D eigenvalue weighted by molar-refractivity contribution is 0.0922. The topological polar surface area (TPSA) is 54.3 Å². The molecule has 0 radical (unpaired) electrons. The van der Waals surface area contributed by atoms with Gasteiger partial charge in [-0.3, -0.25) is 4.79 Å². The fraction of sp³-hybridized carbons (Fsp3) is 0.312. The Morgan fingerprint density at radius 3 is 2.68 bits per heavy atom. The molecule has 1 unspecified atom stereocenters. The minimum Gasteiger partial charge on any atom is -0.459 e. The second-order valence-corrected chi connectivity index (χ2v) is 5.83. The molecule has 0 fully saturated rings. The molecular weight excluding hydrogens is 320 g/mol. The molecule has 1 amide bonds. The summed E-state index contributed by atoms with van der Waals surface area (Å²) in [5.74, 6) is 0.956. The van der Waals surface area contributed by atoms with Crippen LogP contribution in [0.2, 0.25) is 0 Å². The van der Waals surface area contributed by atoms with Crippen molar-refractivity contribution in [1.82, 2.24) is 10.6 Å². The van der Waals surface area contributed by atoms with Crippen molar-refractivity contribution in [1.29, 1.82) is 0 Å².